The van der Waals surface area contributed by atoms with E-state index in [1.807, 2.05) is 37.3 Å². The van der Waals surface area contributed by atoms with E-state index < -0.39 is 0 Å². The lowest BCUT2D eigenvalue weighted by Gasteiger charge is -2.28. The predicted molar refractivity (Wildman–Crippen MR) is 95.3 cm³/mol. The summed E-state index contributed by atoms with van der Waals surface area (Å²) in [6, 6.07) is 12.2. The number of aromatic nitrogens is 2. The van der Waals surface area contributed by atoms with Crippen molar-refractivity contribution < 1.29 is 4.74 Å². The van der Waals surface area contributed by atoms with Gasteiger partial charge in [0, 0.05) is 18.7 Å². The smallest absolute Gasteiger partial charge is 0.163 e. The molecule has 0 N–H and O–H groups in total. The van der Waals surface area contributed by atoms with Crippen LogP contribution in [0.3, 0.4) is 0 Å². The maximum atomic E-state index is 9.39. The lowest BCUT2D eigenvalue weighted by atomic mass is 10.1. The summed E-state index contributed by atoms with van der Waals surface area (Å²) in [5.74, 6) is 1.62. The van der Waals surface area contributed by atoms with Crippen LogP contribution in [0.1, 0.15) is 10.4 Å². The van der Waals surface area contributed by atoms with Crippen molar-refractivity contribution in [2.24, 2.45) is 0 Å². The Balaban J connectivity index is 1.96. The molecule has 4 rings (SSSR count). The van der Waals surface area contributed by atoms with Gasteiger partial charge in [0.2, 0.25) is 0 Å². The van der Waals surface area contributed by atoms with Crippen molar-refractivity contribution in [3.8, 4) is 17.5 Å². The zero-order valence-electron chi connectivity index (χ0n) is 13.3. The van der Waals surface area contributed by atoms with Gasteiger partial charge in [0.1, 0.15) is 21.6 Å². The first-order chi connectivity index (χ1) is 11.8. The summed E-state index contributed by atoms with van der Waals surface area (Å²) in [6.07, 6.45) is 0. The van der Waals surface area contributed by atoms with E-state index in [2.05, 4.69) is 11.0 Å². The van der Waals surface area contributed by atoms with Crippen molar-refractivity contribution >= 4 is 27.4 Å². The monoisotopic (exact) mass is 336 g/mol. The molecule has 3 heterocycles. The molecule has 0 atom stereocenters. The second kappa shape index (κ2) is 6.19. The number of benzene rings is 1. The summed E-state index contributed by atoms with van der Waals surface area (Å²) in [6.45, 7) is 4.98. The number of morpholine rings is 1. The largest absolute Gasteiger partial charge is 0.378 e. The average Bonchev–Trinajstić information content (AvgIpc) is 2.98. The van der Waals surface area contributed by atoms with Crippen LogP contribution in [-0.2, 0) is 4.74 Å². The summed E-state index contributed by atoms with van der Waals surface area (Å²) in [5, 5.41) is 10.4. The SMILES string of the molecule is Cc1c(C#N)sc2nc(-c3ccccc3)nc(N3CCOCC3)c12. The van der Waals surface area contributed by atoms with E-state index in [4.69, 9.17) is 14.7 Å². The molecule has 0 aliphatic carbocycles. The Labute approximate surface area is 144 Å². The first-order valence-electron chi connectivity index (χ1n) is 7.87. The molecule has 0 saturated carbocycles. The predicted octanol–water partition coefficient (Wildman–Crippen LogP) is 3.38. The van der Waals surface area contributed by atoms with Crippen molar-refractivity contribution in [3.63, 3.8) is 0 Å². The van der Waals surface area contributed by atoms with Gasteiger partial charge in [-0.3, -0.25) is 0 Å². The molecule has 0 radical (unpaired) electrons. The molecule has 1 fully saturated rings. The zero-order valence-corrected chi connectivity index (χ0v) is 14.1. The number of nitrogens with zero attached hydrogens (tertiary/aromatic N) is 4. The third-order valence-corrected chi connectivity index (χ3v) is 5.31. The number of thiophene rings is 1. The molecule has 2 aromatic heterocycles. The van der Waals surface area contributed by atoms with Crippen LogP contribution in [0, 0.1) is 18.3 Å². The van der Waals surface area contributed by atoms with E-state index in [0.717, 1.165) is 40.3 Å². The average molecular weight is 336 g/mol. The molecule has 24 heavy (non-hydrogen) atoms. The summed E-state index contributed by atoms with van der Waals surface area (Å²) in [4.78, 5) is 13.4. The molecule has 5 nitrogen and oxygen atoms in total. The molecular formula is C18H16N4OS. The number of hydrogen-bond donors (Lipinski definition) is 0. The fourth-order valence-electron chi connectivity index (χ4n) is 2.94. The van der Waals surface area contributed by atoms with Crippen molar-refractivity contribution in [2.45, 2.75) is 6.92 Å². The molecular weight excluding hydrogens is 320 g/mol. The number of hydrogen-bond acceptors (Lipinski definition) is 6. The van der Waals surface area contributed by atoms with Gasteiger partial charge >= 0.3 is 0 Å². The molecule has 1 aliphatic heterocycles. The van der Waals surface area contributed by atoms with Crippen LogP contribution < -0.4 is 4.90 Å². The molecule has 1 aromatic carbocycles. The summed E-state index contributed by atoms with van der Waals surface area (Å²) in [7, 11) is 0. The van der Waals surface area contributed by atoms with Gasteiger partial charge < -0.3 is 9.64 Å². The maximum Gasteiger partial charge on any atom is 0.163 e. The van der Waals surface area contributed by atoms with Gasteiger partial charge in [-0.15, -0.1) is 11.3 Å². The molecule has 120 valence electrons. The standard InChI is InChI=1S/C18H16N4OS/c1-12-14(11-19)24-18-15(12)17(22-7-9-23-10-8-22)20-16(21-18)13-5-3-2-4-6-13/h2-6H,7-10H2,1H3. The van der Waals surface area contributed by atoms with Gasteiger partial charge in [0.25, 0.3) is 0 Å². The van der Waals surface area contributed by atoms with E-state index in [1.165, 1.54) is 11.3 Å². The van der Waals surface area contributed by atoms with Crippen LogP contribution in [0.15, 0.2) is 30.3 Å². The summed E-state index contributed by atoms with van der Waals surface area (Å²) < 4.78 is 5.47. The van der Waals surface area contributed by atoms with Gasteiger partial charge in [-0.1, -0.05) is 30.3 Å². The van der Waals surface area contributed by atoms with Crippen molar-refractivity contribution in [1.29, 1.82) is 5.26 Å². The summed E-state index contributed by atoms with van der Waals surface area (Å²) >= 11 is 1.44. The third-order valence-electron chi connectivity index (χ3n) is 4.22. The minimum Gasteiger partial charge on any atom is -0.378 e. The first kappa shape index (κ1) is 15.1. The molecule has 1 saturated heterocycles. The number of ether oxygens (including phenoxy) is 1. The Bertz CT molecular complexity index is 924. The van der Waals surface area contributed by atoms with Crippen LogP contribution in [0.4, 0.5) is 5.82 Å². The van der Waals surface area contributed by atoms with Gasteiger partial charge in [0.15, 0.2) is 5.82 Å². The van der Waals surface area contributed by atoms with E-state index in [-0.39, 0.29) is 0 Å². The molecule has 0 amide bonds. The zero-order chi connectivity index (χ0) is 16.5. The van der Waals surface area contributed by atoms with Crippen molar-refractivity contribution in [1.82, 2.24) is 9.97 Å². The lowest BCUT2D eigenvalue weighted by Crippen LogP contribution is -2.37. The van der Waals surface area contributed by atoms with Gasteiger partial charge in [-0.2, -0.15) is 5.26 Å². The third kappa shape index (κ3) is 2.52. The van der Waals surface area contributed by atoms with Crippen LogP contribution in [0.2, 0.25) is 0 Å². The molecule has 1 aliphatic rings. The minimum absolute atomic E-state index is 0.695. The van der Waals surface area contributed by atoms with Gasteiger partial charge in [0.05, 0.1) is 18.6 Å². The Kier molecular flexibility index (Phi) is 3.89. The Hall–Kier alpha value is -2.49. The number of anilines is 1. The minimum atomic E-state index is 0.695. The highest BCUT2D eigenvalue weighted by Crippen LogP contribution is 2.36. The number of nitriles is 1. The normalized spacial score (nSPS) is 14.8. The van der Waals surface area contributed by atoms with Crippen LogP contribution in [0.5, 0.6) is 0 Å². The highest BCUT2D eigenvalue weighted by atomic mass is 32.1. The highest BCUT2D eigenvalue weighted by molar-refractivity contribution is 7.19. The lowest BCUT2D eigenvalue weighted by molar-refractivity contribution is 0.122. The molecule has 6 heteroatoms. The maximum absolute atomic E-state index is 9.39. The molecule has 0 unspecified atom stereocenters. The van der Waals surface area contributed by atoms with Crippen LogP contribution in [0.25, 0.3) is 21.6 Å². The van der Waals surface area contributed by atoms with Crippen molar-refractivity contribution in [2.75, 3.05) is 31.2 Å². The van der Waals surface area contributed by atoms with Crippen LogP contribution >= 0.6 is 11.3 Å². The van der Waals surface area contributed by atoms with Crippen molar-refractivity contribution in [3.05, 3.63) is 40.8 Å². The van der Waals surface area contributed by atoms with E-state index in [0.29, 0.717) is 23.9 Å². The molecule has 0 spiro atoms. The highest BCUT2D eigenvalue weighted by Gasteiger charge is 2.22. The Morgan fingerprint density at radius 2 is 1.92 bits per heavy atom. The second-order valence-corrected chi connectivity index (χ2v) is 6.68. The number of fused-ring (bicyclic) bond motifs is 1. The van der Waals surface area contributed by atoms with Crippen LogP contribution in [-0.4, -0.2) is 36.3 Å². The first-order valence-corrected chi connectivity index (χ1v) is 8.69. The molecule has 0 bridgehead atoms. The van der Waals surface area contributed by atoms with E-state index in [9.17, 15) is 5.26 Å². The fourth-order valence-corrected chi connectivity index (χ4v) is 3.92. The number of rotatable bonds is 2. The second-order valence-electron chi connectivity index (χ2n) is 5.68. The van der Waals surface area contributed by atoms with E-state index >= 15 is 0 Å². The summed E-state index contributed by atoms with van der Waals surface area (Å²) in [5.41, 5.74) is 1.96. The van der Waals surface area contributed by atoms with Gasteiger partial charge in [-0.25, -0.2) is 9.97 Å². The Morgan fingerprint density at radius 3 is 2.62 bits per heavy atom. The topological polar surface area (TPSA) is 62.0 Å². The van der Waals surface area contributed by atoms with Gasteiger partial charge in [-0.05, 0) is 12.5 Å². The quantitative estimate of drug-likeness (QED) is 0.718. The van der Waals surface area contributed by atoms with E-state index in [1.54, 1.807) is 0 Å². The Morgan fingerprint density at radius 1 is 1.17 bits per heavy atom. The number of aryl methyl sites for hydroxylation is 1. The molecule has 3 aromatic rings. The fraction of sp³-hybridized carbons (Fsp3) is 0.278.